The lowest BCUT2D eigenvalue weighted by molar-refractivity contribution is 0.0691. The van der Waals surface area contributed by atoms with Gasteiger partial charge in [-0.1, -0.05) is 17.7 Å². The molecule has 0 aliphatic heterocycles. The second kappa shape index (κ2) is 6.24. The molecule has 2 aromatic carbocycles. The number of benzene rings is 2. The van der Waals surface area contributed by atoms with Crippen LogP contribution in [0.15, 0.2) is 40.9 Å². The van der Waals surface area contributed by atoms with Crippen molar-refractivity contribution in [3.05, 3.63) is 62.8 Å². The molecule has 6 heteroatoms. The summed E-state index contributed by atoms with van der Waals surface area (Å²) in [6.07, 6.45) is 0. The number of para-hydroxylation sites is 1. The Morgan fingerprint density at radius 3 is 2.80 bits per heavy atom. The van der Waals surface area contributed by atoms with Crippen molar-refractivity contribution in [1.29, 1.82) is 0 Å². The highest BCUT2D eigenvalue weighted by molar-refractivity contribution is 9.10. The molecule has 2 aromatic rings. The van der Waals surface area contributed by atoms with Crippen molar-refractivity contribution in [2.75, 3.05) is 0 Å². The van der Waals surface area contributed by atoms with E-state index in [0.717, 1.165) is 0 Å². The van der Waals surface area contributed by atoms with Gasteiger partial charge in [0.25, 0.3) is 0 Å². The van der Waals surface area contributed by atoms with Gasteiger partial charge in [0.2, 0.25) is 0 Å². The number of hydrogen-bond donors (Lipinski definition) is 1. The first-order chi connectivity index (χ1) is 9.49. The molecule has 3 nitrogen and oxygen atoms in total. The number of rotatable bonds is 4. The fourth-order valence-electron chi connectivity index (χ4n) is 1.63. The van der Waals surface area contributed by atoms with Crippen LogP contribution in [0, 0.1) is 5.82 Å². The Morgan fingerprint density at radius 2 is 2.10 bits per heavy atom. The van der Waals surface area contributed by atoms with Gasteiger partial charge in [0.05, 0.1) is 4.47 Å². The number of carboxylic acid groups (broad SMARTS) is 1. The lowest BCUT2D eigenvalue weighted by Gasteiger charge is -2.11. The first-order valence-corrected chi connectivity index (χ1v) is 6.74. The predicted molar refractivity (Wildman–Crippen MR) is 76.8 cm³/mol. The molecular weight excluding hydrogens is 351 g/mol. The zero-order valence-corrected chi connectivity index (χ0v) is 12.4. The van der Waals surface area contributed by atoms with Gasteiger partial charge in [0.1, 0.15) is 23.7 Å². The van der Waals surface area contributed by atoms with Crippen LogP contribution in [0.1, 0.15) is 15.9 Å². The molecule has 0 heterocycles. The van der Waals surface area contributed by atoms with E-state index in [1.807, 2.05) is 0 Å². The third-order valence-corrected chi connectivity index (χ3v) is 3.44. The molecule has 0 aliphatic rings. The molecule has 104 valence electrons. The van der Waals surface area contributed by atoms with E-state index in [1.165, 1.54) is 24.3 Å². The maximum absolute atomic E-state index is 13.6. The Bertz CT molecular complexity index is 661. The second-order valence-electron chi connectivity index (χ2n) is 3.95. The van der Waals surface area contributed by atoms with Crippen LogP contribution in [0.2, 0.25) is 5.02 Å². The highest BCUT2D eigenvalue weighted by Gasteiger charge is 2.15. The molecule has 0 radical (unpaired) electrons. The van der Waals surface area contributed by atoms with Gasteiger partial charge in [-0.15, -0.1) is 0 Å². The van der Waals surface area contributed by atoms with E-state index in [2.05, 4.69) is 15.9 Å². The molecule has 1 N–H and O–H groups in total. The molecule has 0 amide bonds. The summed E-state index contributed by atoms with van der Waals surface area (Å²) in [5, 5.41) is 9.47. The number of carboxylic acids is 1. The monoisotopic (exact) mass is 358 g/mol. The van der Waals surface area contributed by atoms with E-state index in [9.17, 15) is 9.18 Å². The Labute approximate surface area is 128 Å². The molecule has 0 aliphatic carbocycles. The van der Waals surface area contributed by atoms with E-state index in [4.69, 9.17) is 21.4 Å². The summed E-state index contributed by atoms with van der Waals surface area (Å²) < 4.78 is 19.5. The van der Waals surface area contributed by atoms with Crippen molar-refractivity contribution in [3.8, 4) is 5.75 Å². The lowest BCUT2D eigenvalue weighted by atomic mass is 10.2. The predicted octanol–water partition coefficient (Wildman–Crippen LogP) is 4.52. The summed E-state index contributed by atoms with van der Waals surface area (Å²) in [5.74, 6) is -1.43. The number of aromatic carboxylic acids is 1. The summed E-state index contributed by atoms with van der Waals surface area (Å²) in [5.41, 5.74) is 0.256. The fraction of sp³-hybridized carbons (Fsp3) is 0.0714. The highest BCUT2D eigenvalue weighted by atomic mass is 79.9. The summed E-state index contributed by atoms with van der Waals surface area (Å²) in [6.45, 7) is -0.116. The third kappa shape index (κ3) is 3.29. The third-order valence-electron chi connectivity index (χ3n) is 2.58. The molecular formula is C14H9BrClFO3. The van der Waals surface area contributed by atoms with Gasteiger partial charge in [-0.2, -0.15) is 0 Å². The standard InChI is InChI=1S/C14H9BrClFO3/c15-11-3-1-2-10(14(18)19)13(11)20-7-8-6-9(16)4-5-12(8)17/h1-6H,7H2,(H,18,19). The zero-order valence-electron chi connectivity index (χ0n) is 10.1. The van der Waals surface area contributed by atoms with Crippen molar-refractivity contribution in [1.82, 2.24) is 0 Å². The van der Waals surface area contributed by atoms with Crippen LogP contribution in [0.5, 0.6) is 5.75 Å². The van der Waals surface area contributed by atoms with E-state index >= 15 is 0 Å². The molecule has 20 heavy (non-hydrogen) atoms. The van der Waals surface area contributed by atoms with Gasteiger partial charge in [-0.3, -0.25) is 0 Å². The number of ether oxygens (including phenoxy) is 1. The van der Waals surface area contributed by atoms with Crippen molar-refractivity contribution in [3.63, 3.8) is 0 Å². The molecule has 0 fully saturated rings. The summed E-state index contributed by atoms with van der Waals surface area (Å²) in [7, 11) is 0. The molecule has 0 saturated carbocycles. The first-order valence-electron chi connectivity index (χ1n) is 5.57. The van der Waals surface area contributed by atoms with Gasteiger partial charge in [-0.25, -0.2) is 9.18 Å². The molecule has 0 unspecified atom stereocenters. The minimum absolute atomic E-state index is 0.00168. The Balaban J connectivity index is 2.27. The van der Waals surface area contributed by atoms with Crippen LogP contribution < -0.4 is 4.74 Å². The average Bonchev–Trinajstić information content (AvgIpc) is 2.40. The number of carbonyl (C=O) groups is 1. The van der Waals surface area contributed by atoms with Crippen LogP contribution in [0.4, 0.5) is 4.39 Å². The fourth-order valence-corrected chi connectivity index (χ4v) is 2.30. The first kappa shape index (κ1) is 14.8. The van der Waals surface area contributed by atoms with Gasteiger partial charge in [-0.05, 0) is 46.3 Å². The van der Waals surface area contributed by atoms with Gasteiger partial charge in [0.15, 0.2) is 0 Å². The van der Waals surface area contributed by atoms with E-state index in [0.29, 0.717) is 9.50 Å². The number of hydrogen-bond acceptors (Lipinski definition) is 2. The summed E-state index contributed by atoms with van der Waals surface area (Å²) in [6, 6.07) is 8.75. The average molecular weight is 360 g/mol. The largest absolute Gasteiger partial charge is 0.487 e. The maximum Gasteiger partial charge on any atom is 0.339 e. The van der Waals surface area contributed by atoms with Gasteiger partial charge in [0, 0.05) is 10.6 Å². The smallest absolute Gasteiger partial charge is 0.339 e. The van der Waals surface area contributed by atoms with Crippen LogP contribution in [-0.2, 0) is 6.61 Å². The highest BCUT2D eigenvalue weighted by Crippen LogP contribution is 2.30. The zero-order chi connectivity index (χ0) is 14.7. The molecule has 2 rings (SSSR count). The minimum Gasteiger partial charge on any atom is -0.487 e. The summed E-state index contributed by atoms with van der Waals surface area (Å²) >= 11 is 9.00. The van der Waals surface area contributed by atoms with Crippen LogP contribution >= 0.6 is 27.5 Å². The Kier molecular flexibility index (Phi) is 4.62. The normalized spacial score (nSPS) is 10.3. The van der Waals surface area contributed by atoms with Crippen LogP contribution in [0.25, 0.3) is 0 Å². The van der Waals surface area contributed by atoms with Crippen LogP contribution in [0.3, 0.4) is 0 Å². The lowest BCUT2D eigenvalue weighted by Crippen LogP contribution is -2.05. The SMILES string of the molecule is O=C(O)c1cccc(Br)c1OCc1cc(Cl)ccc1F. The van der Waals surface area contributed by atoms with E-state index in [-0.39, 0.29) is 23.5 Å². The van der Waals surface area contributed by atoms with E-state index in [1.54, 1.807) is 12.1 Å². The molecule has 0 atom stereocenters. The molecule has 0 spiro atoms. The number of halogens is 3. The van der Waals surface area contributed by atoms with Crippen molar-refractivity contribution >= 4 is 33.5 Å². The topological polar surface area (TPSA) is 46.5 Å². The maximum atomic E-state index is 13.6. The molecule has 0 bridgehead atoms. The van der Waals surface area contributed by atoms with Crippen molar-refractivity contribution in [2.24, 2.45) is 0 Å². The molecule has 0 saturated heterocycles. The second-order valence-corrected chi connectivity index (χ2v) is 5.24. The minimum atomic E-state index is -1.12. The van der Waals surface area contributed by atoms with Crippen molar-refractivity contribution in [2.45, 2.75) is 6.61 Å². The Morgan fingerprint density at radius 1 is 1.35 bits per heavy atom. The van der Waals surface area contributed by atoms with Gasteiger partial charge >= 0.3 is 5.97 Å². The van der Waals surface area contributed by atoms with Crippen molar-refractivity contribution < 1.29 is 19.0 Å². The quantitative estimate of drug-likeness (QED) is 0.873. The Hall–Kier alpha value is -1.59. The van der Waals surface area contributed by atoms with E-state index < -0.39 is 11.8 Å². The molecule has 0 aromatic heterocycles. The van der Waals surface area contributed by atoms with Gasteiger partial charge < -0.3 is 9.84 Å². The summed E-state index contributed by atoms with van der Waals surface area (Å²) in [4.78, 5) is 11.1. The van der Waals surface area contributed by atoms with Crippen LogP contribution in [-0.4, -0.2) is 11.1 Å².